The monoisotopic (exact) mass is 277 g/mol. The first-order chi connectivity index (χ1) is 9.79. The highest BCUT2D eigenvalue weighted by molar-refractivity contribution is 5.29. The van der Waals surface area contributed by atoms with Crippen LogP contribution >= 0.6 is 0 Å². The SMILES string of the molecule is CCCOCC1CCC(n2ccc(=O)n3ccnc23)O1. The molecule has 1 saturated heterocycles. The van der Waals surface area contributed by atoms with Gasteiger partial charge in [0.2, 0.25) is 5.78 Å². The van der Waals surface area contributed by atoms with Crippen LogP contribution in [-0.2, 0) is 9.47 Å². The molecule has 0 amide bonds. The van der Waals surface area contributed by atoms with E-state index in [1.807, 2.05) is 4.57 Å². The number of hydrogen-bond acceptors (Lipinski definition) is 4. The molecule has 6 heteroatoms. The fourth-order valence-corrected chi connectivity index (χ4v) is 2.55. The number of imidazole rings is 1. The zero-order valence-electron chi connectivity index (χ0n) is 11.6. The van der Waals surface area contributed by atoms with Crippen LogP contribution in [0.5, 0.6) is 0 Å². The van der Waals surface area contributed by atoms with Crippen molar-refractivity contribution in [2.75, 3.05) is 13.2 Å². The number of nitrogens with zero attached hydrogens (tertiary/aromatic N) is 3. The van der Waals surface area contributed by atoms with Gasteiger partial charge in [-0.15, -0.1) is 0 Å². The van der Waals surface area contributed by atoms with E-state index in [4.69, 9.17) is 9.47 Å². The largest absolute Gasteiger partial charge is 0.379 e. The molecule has 20 heavy (non-hydrogen) atoms. The first-order valence-corrected chi connectivity index (χ1v) is 7.07. The van der Waals surface area contributed by atoms with Crippen LogP contribution in [0.2, 0.25) is 0 Å². The Hall–Kier alpha value is -1.66. The summed E-state index contributed by atoms with van der Waals surface area (Å²) in [7, 11) is 0. The molecular formula is C14H19N3O3. The van der Waals surface area contributed by atoms with Crippen LogP contribution < -0.4 is 5.56 Å². The third kappa shape index (κ3) is 2.48. The molecule has 0 spiro atoms. The zero-order valence-corrected chi connectivity index (χ0v) is 11.6. The molecule has 0 radical (unpaired) electrons. The van der Waals surface area contributed by atoms with Crippen molar-refractivity contribution in [1.82, 2.24) is 14.0 Å². The highest BCUT2D eigenvalue weighted by Gasteiger charge is 2.27. The molecule has 2 aromatic rings. The molecule has 1 aliphatic rings. The van der Waals surface area contributed by atoms with Crippen molar-refractivity contribution >= 4 is 5.78 Å². The lowest BCUT2D eigenvalue weighted by Crippen LogP contribution is -2.21. The summed E-state index contributed by atoms with van der Waals surface area (Å²) in [6, 6.07) is 1.54. The molecule has 6 nitrogen and oxygen atoms in total. The fourth-order valence-electron chi connectivity index (χ4n) is 2.55. The predicted molar refractivity (Wildman–Crippen MR) is 73.7 cm³/mol. The number of aromatic nitrogens is 3. The van der Waals surface area contributed by atoms with E-state index in [-0.39, 0.29) is 17.9 Å². The van der Waals surface area contributed by atoms with Crippen molar-refractivity contribution in [3.63, 3.8) is 0 Å². The number of fused-ring (bicyclic) bond motifs is 1. The predicted octanol–water partition coefficient (Wildman–Crippen LogP) is 1.60. The minimum absolute atomic E-state index is 0.0734. The number of rotatable bonds is 5. The van der Waals surface area contributed by atoms with Crippen molar-refractivity contribution in [1.29, 1.82) is 0 Å². The van der Waals surface area contributed by atoms with Gasteiger partial charge in [0.05, 0.1) is 12.7 Å². The quantitative estimate of drug-likeness (QED) is 0.779. The maximum atomic E-state index is 11.7. The van der Waals surface area contributed by atoms with E-state index in [2.05, 4.69) is 11.9 Å². The van der Waals surface area contributed by atoms with Crippen LogP contribution in [0.4, 0.5) is 0 Å². The van der Waals surface area contributed by atoms with Gasteiger partial charge in [-0.25, -0.2) is 4.98 Å². The molecular weight excluding hydrogens is 258 g/mol. The van der Waals surface area contributed by atoms with Crippen molar-refractivity contribution in [3.8, 4) is 0 Å². The minimum Gasteiger partial charge on any atom is -0.379 e. The van der Waals surface area contributed by atoms with Gasteiger partial charge >= 0.3 is 0 Å². The Balaban J connectivity index is 1.75. The molecule has 2 unspecified atom stereocenters. The Labute approximate surface area is 117 Å². The van der Waals surface area contributed by atoms with Gasteiger partial charge in [0.1, 0.15) is 6.23 Å². The number of ether oxygens (including phenoxy) is 2. The van der Waals surface area contributed by atoms with Crippen LogP contribution in [0.15, 0.2) is 29.5 Å². The number of hydrogen-bond donors (Lipinski definition) is 0. The van der Waals surface area contributed by atoms with Crippen LogP contribution in [0, 0.1) is 0 Å². The van der Waals surface area contributed by atoms with Gasteiger partial charge in [0.15, 0.2) is 0 Å². The summed E-state index contributed by atoms with van der Waals surface area (Å²) in [4.78, 5) is 15.9. The molecule has 0 bridgehead atoms. The summed E-state index contributed by atoms with van der Waals surface area (Å²) >= 11 is 0. The maximum Gasteiger partial charge on any atom is 0.258 e. The van der Waals surface area contributed by atoms with E-state index in [0.29, 0.717) is 12.4 Å². The van der Waals surface area contributed by atoms with E-state index in [0.717, 1.165) is 25.9 Å². The van der Waals surface area contributed by atoms with Gasteiger partial charge in [-0.1, -0.05) is 6.92 Å². The second kappa shape index (κ2) is 5.76. The Kier molecular flexibility index (Phi) is 3.84. The van der Waals surface area contributed by atoms with Crippen LogP contribution in [0.25, 0.3) is 5.78 Å². The Morgan fingerprint density at radius 2 is 2.35 bits per heavy atom. The zero-order chi connectivity index (χ0) is 13.9. The standard InChI is InChI=1S/C14H19N3O3/c1-2-9-19-10-11-3-4-13(20-11)17-7-5-12(18)16-8-6-15-14(16)17/h5-8,11,13H,2-4,9-10H2,1H3. The van der Waals surface area contributed by atoms with Gasteiger partial charge in [0, 0.05) is 31.3 Å². The Bertz CT molecular complexity index is 634. The van der Waals surface area contributed by atoms with Crippen LogP contribution in [-0.4, -0.2) is 33.3 Å². The topological polar surface area (TPSA) is 57.8 Å². The summed E-state index contributed by atoms with van der Waals surface area (Å²) < 4.78 is 15.0. The van der Waals surface area contributed by atoms with Gasteiger partial charge < -0.3 is 9.47 Å². The highest BCUT2D eigenvalue weighted by Crippen LogP contribution is 2.29. The summed E-state index contributed by atoms with van der Waals surface area (Å²) in [5.41, 5.74) is -0.0745. The lowest BCUT2D eigenvalue weighted by Gasteiger charge is -2.17. The minimum atomic E-state index is -0.0745. The highest BCUT2D eigenvalue weighted by atomic mass is 16.5. The fraction of sp³-hybridized carbons (Fsp3) is 0.571. The normalized spacial score (nSPS) is 22.6. The second-order valence-electron chi connectivity index (χ2n) is 5.02. The summed E-state index contributed by atoms with van der Waals surface area (Å²) in [6.45, 7) is 3.50. The van der Waals surface area contributed by atoms with Crippen LogP contribution in [0.3, 0.4) is 0 Å². The van der Waals surface area contributed by atoms with Gasteiger partial charge in [-0.2, -0.15) is 0 Å². The molecule has 0 N–H and O–H groups in total. The average Bonchev–Trinajstić information content (AvgIpc) is 3.09. The third-order valence-electron chi connectivity index (χ3n) is 3.51. The smallest absolute Gasteiger partial charge is 0.258 e. The first kappa shape index (κ1) is 13.3. The summed E-state index contributed by atoms with van der Waals surface area (Å²) in [5, 5.41) is 0. The Morgan fingerprint density at radius 3 is 3.20 bits per heavy atom. The molecule has 0 saturated carbocycles. The summed E-state index contributed by atoms with van der Waals surface area (Å²) in [5.74, 6) is 0.623. The average molecular weight is 277 g/mol. The van der Waals surface area contributed by atoms with Gasteiger partial charge in [-0.05, 0) is 19.3 Å². The molecule has 3 rings (SSSR count). The van der Waals surface area contributed by atoms with E-state index in [9.17, 15) is 4.79 Å². The van der Waals surface area contributed by atoms with Gasteiger partial charge in [-0.3, -0.25) is 13.8 Å². The molecule has 0 aromatic carbocycles. The molecule has 0 aliphatic carbocycles. The van der Waals surface area contributed by atoms with E-state index < -0.39 is 0 Å². The lowest BCUT2D eigenvalue weighted by molar-refractivity contribution is -0.0400. The first-order valence-electron chi connectivity index (χ1n) is 7.07. The molecule has 1 fully saturated rings. The third-order valence-corrected chi connectivity index (χ3v) is 3.51. The molecule has 108 valence electrons. The van der Waals surface area contributed by atoms with E-state index >= 15 is 0 Å². The molecule has 3 heterocycles. The lowest BCUT2D eigenvalue weighted by atomic mass is 10.2. The van der Waals surface area contributed by atoms with Crippen LogP contribution in [0.1, 0.15) is 32.4 Å². The molecule has 1 aliphatic heterocycles. The summed E-state index contributed by atoms with van der Waals surface area (Å²) in [6.07, 6.45) is 8.00. The van der Waals surface area contributed by atoms with Crippen molar-refractivity contribution in [2.24, 2.45) is 0 Å². The molecule has 2 aromatic heterocycles. The van der Waals surface area contributed by atoms with Gasteiger partial charge in [0.25, 0.3) is 5.56 Å². The van der Waals surface area contributed by atoms with E-state index in [1.165, 1.54) is 4.40 Å². The van der Waals surface area contributed by atoms with Crippen molar-refractivity contribution < 1.29 is 9.47 Å². The Morgan fingerprint density at radius 1 is 1.45 bits per heavy atom. The second-order valence-corrected chi connectivity index (χ2v) is 5.02. The molecule has 2 atom stereocenters. The van der Waals surface area contributed by atoms with Crippen molar-refractivity contribution in [3.05, 3.63) is 35.0 Å². The maximum absolute atomic E-state index is 11.7. The van der Waals surface area contributed by atoms with E-state index in [1.54, 1.807) is 24.7 Å². The van der Waals surface area contributed by atoms with Crippen molar-refractivity contribution in [2.45, 2.75) is 38.5 Å².